The molecule has 4 heteroatoms. The molecule has 1 atom stereocenters. The van der Waals surface area contributed by atoms with Crippen LogP contribution in [0.25, 0.3) is 0 Å². The van der Waals surface area contributed by atoms with E-state index in [4.69, 9.17) is 4.74 Å². The molecule has 4 nitrogen and oxygen atoms in total. The quantitative estimate of drug-likeness (QED) is 0.711. The summed E-state index contributed by atoms with van der Waals surface area (Å²) in [5.74, 6) is -1.65. The summed E-state index contributed by atoms with van der Waals surface area (Å²) in [5.41, 5.74) is 1.82. The zero-order chi connectivity index (χ0) is 18.5. The molecule has 0 aliphatic rings. The number of carboxylic acid groups (broad SMARTS) is 1. The summed E-state index contributed by atoms with van der Waals surface area (Å²) in [7, 11) is 0. The molecule has 0 saturated heterocycles. The van der Waals surface area contributed by atoms with Gasteiger partial charge >= 0.3 is 11.9 Å². The van der Waals surface area contributed by atoms with Crippen LogP contribution in [-0.4, -0.2) is 23.1 Å². The number of carbonyl (C=O) groups excluding carboxylic acids is 1. The van der Waals surface area contributed by atoms with E-state index in [9.17, 15) is 14.7 Å². The highest BCUT2D eigenvalue weighted by molar-refractivity contribution is 6.02. The van der Waals surface area contributed by atoms with Crippen molar-refractivity contribution >= 4 is 11.9 Å². The number of carboxylic acids is 1. The number of benzene rings is 1. The lowest BCUT2D eigenvalue weighted by Crippen LogP contribution is -2.32. The van der Waals surface area contributed by atoms with Gasteiger partial charge < -0.3 is 9.84 Å². The molecule has 0 spiro atoms. The van der Waals surface area contributed by atoms with Crippen molar-refractivity contribution < 1.29 is 19.4 Å². The Morgan fingerprint density at radius 2 is 1.79 bits per heavy atom. The molecule has 0 aliphatic carbocycles. The highest BCUT2D eigenvalue weighted by Gasteiger charge is 2.30. The van der Waals surface area contributed by atoms with Crippen molar-refractivity contribution in [3.05, 3.63) is 34.4 Å². The van der Waals surface area contributed by atoms with Crippen LogP contribution < -0.4 is 0 Å². The van der Waals surface area contributed by atoms with Crippen molar-refractivity contribution in [1.29, 1.82) is 0 Å². The third-order valence-corrected chi connectivity index (χ3v) is 4.34. The first kappa shape index (κ1) is 20.2. The number of esters is 1. The van der Waals surface area contributed by atoms with Gasteiger partial charge in [0.15, 0.2) is 0 Å². The Balaban J connectivity index is 3.17. The van der Waals surface area contributed by atoms with E-state index in [1.165, 1.54) is 0 Å². The molecule has 0 aromatic heterocycles. The average Bonchev–Trinajstić information content (AvgIpc) is 2.49. The number of carbonyl (C=O) groups is 2. The molecule has 0 aliphatic heterocycles. The molecule has 1 rings (SSSR count). The molecule has 1 N–H and O–H groups in total. The highest BCUT2D eigenvalue weighted by atomic mass is 16.5. The monoisotopic (exact) mass is 334 g/mol. The van der Waals surface area contributed by atoms with Gasteiger partial charge in [0.1, 0.15) is 6.10 Å². The second-order valence-corrected chi connectivity index (χ2v) is 7.39. The summed E-state index contributed by atoms with van der Waals surface area (Å²) in [6, 6.07) is 3.23. The van der Waals surface area contributed by atoms with Crippen molar-refractivity contribution in [2.24, 2.45) is 5.41 Å². The summed E-state index contributed by atoms with van der Waals surface area (Å²) in [4.78, 5) is 24.2. The molecule has 134 valence electrons. The first-order valence-electron chi connectivity index (χ1n) is 8.69. The summed E-state index contributed by atoms with van der Waals surface area (Å²) >= 11 is 0. The van der Waals surface area contributed by atoms with Gasteiger partial charge in [-0.2, -0.15) is 0 Å². The van der Waals surface area contributed by atoms with Gasteiger partial charge in [-0.05, 0) is 48.4 Å². The van der Waals surface area contributed by atoms with E-state index in [1.807, 2.05) is 34.6 Å². The van der Waals surface area contributed by atoms with Gasteiger partial charge in [-0.3, -0.25) is 0 Å². The first-order valence-corrected chi connectivity index (χ1v) is 8.69. The molecule has 0 radical (unpaired) electrons. The van der Waals surface area contributed by atoms with Crippen LogP contribution in [0.2, 0.25) is 0 Å². The molecule has 1 aromatic rings. The zero-order valence-electron chi connectivity index (χ0n) is 15.7. The van der Waals surface area contributed by atoms with Crippen LogP contribution in [0.5, 0.6) is 0 Å². The van der Waals surface area contributed by atoms with E-state index in [0.717, 1.165) is 36.8 Å². The molecule has 1 aromatic carbocycles. The fraction of sp³-hybridized carbons (Fsp3) is 0.600. The lowest BCUT2D eigenvalue weighted by molar-refractivity contribution is -0.00697. The Kier molecular flexibility index (Phi) is 7.00. The maximum atomic E-state index is 12.7. The normalized spacial score (nSPS) is 12.8. The van der Waals surface area contributed by atoms with Crippen LogP contribution in [0.3, 0.4) is 0 Å². The Morgan fingerprint density at radius 3 is 2.25 bits per heavy atom. The van der Waals surface area contributed by atoms with E-state index >= 15 is 0 Å². The van der Waals surface area contributed by atoms with Crippen LogP contribution >= 0.6 is 0 Å². The minimum atomic E-state index is -1.10. The van der Waals surface area contributed by atoms with Gasteiger partial charge in [-0.25, -0.2) is 9.59 Å². The molecular formula is C20H30O4. The van der Waals surface area contributed by atoms with Crippen molar-refractivity contribution in [2.45, 2.75) is 73.3 Å². The van der Waals surface area contributed by atoms with Gasteiger partial charge in [0, 0.05) is 0 Å². The van der Waals surface area contributed by atoms with E-state index in [2.05, 4.69) is 6.92 Å². The summed E-state index contributed by atoms with van der Waals surface area (Å²) in [6.07, 6.45) is 3.25. The molecule has 0 amide bonds. The maximum Gasteiger partial charge on any atom is 0.339 e. The standard InChI is InChI=1S/C20H30O4/c1-7-9-10-17(20(4,5)6)24-19(23)16-11-13(3)14(8-2)12-15(16)18(21)22/h11-12,17H,7-10H2,1-6H3,(H,21,22). The van der Waals surface area contributed by atoms with Crippen molar-refractivity contribution in [3.63, 3.8) is 0 Å². The zero-order valence-corrected chi connectivity index (χ0v) is 15.7. The first-order chi connectivity index (χ1) is 11.1. The SMILES string of the molecule is CCCCC(OC(=O)c1cc(C)c(CC)cc1C(=O)O)C(C)(C)C. The van der Waals surface area contributed by atoms with E-state index < -0.39 is 11.9 Å². The Hall–Kier alpha value is -1.84. The molecule has 0 saturated carbocycles. The Morgan fingerprint density at radius 1 is 1.17 bits per heavy atom. The number of hydrogen-bond donors (Lipinski definition) is 1. The fourth-order valence-corrected chi connectivity index (χ4v) is 2.73. The minimum absolute atomic E-state index is 0.0191. The number of aromatic carboxylic acids is 1. The molecule has 0 bridgehead atoms. The molecule has 0 heterocycles. The van der Waals surface area contributed by atoms with E-state index in [0.29, 0.717) is 0 Å². The van der Waals surface area contributed by atoms with Gasteiger partial charge in [0.2, 0.25) is 0 Å². The highest BCUT2D eigenvalue weighted by Crippen LogP contribution is 2.28. The number of aryl methyl sites for hydroxylation is 2. The van der Waals surface area contributed by atoms with Crippen molar-refractivity contribution in [2.75, 3.05) is 0 Å². The van der Waals surface area contributed by atoms with Crippen LogP contribution in [0, 0.1) is 12.3 Å². The van der Waals surface area contributed by atoms with Crippen LogP contribution in [-0.2, 0) is 11.2 Å². The van der Waals surface area contributed by atoms with Gasteiger partial charge in [-0.15, -0.1) is 0 Å². The second-order valence-electron chi connectivity index (χ2n) is 7.39. The fourth-order valence-electron chi connectivity index (χ4n) is 2.73. The average molecular weight is 334 g/mol. The summed E-state index contributed by atoms with van der Waals surface area (Å²) < 4.78 is 5.72. The van der Waals surface area contributed by atoms with Crippen LogP contribution in [0.1, 0.15) is 85.7 Å². The second kappa shape index (κ2) is 8.32. The number of rotatable bonds is 7. The van der Waals surface area contributed by atoms with Crippen LogP contribution in [0.15, 0.2) is 12.1 Å². The predicted molar refractivity (Wildman–Crippen MR) is 95.7 cm³/mol. The predicted octanol–water partition coefficient (Wildman–Crippen LogP) is 5.02. The Bertz CT molecular complexity index is 596. The molecular weight excluding hydrogens is 304 g/mol. The molecule has 0 fully saturated rings. The third kappa shape index (κ3) is 5.08. The largest absolute Gasteiger partial charge is 0.478 e. The molecule has 24 heavy (non-hydrogen) atoms. The van der Waals surface area contributed by atoms with Crippen LogP contribution in [0.4, 0.5) is 0 Å². The summed E-state index contributed by atoms with van der Waals surface area (Å²) in [5, 5.41) is 9.45. The van der Waals surface area contributed by atoms with Crippen molar-refractivity contribution in [1.82, 2.24) is 0 Å². The summed E-state index contributed by atoms with van der Waals surface area (Å²) in [6.45, 7) is 12.0. The molecule has 1 unspecified atom stereocenters. The van der Waals surface area contributed by atoms with Crippen molar-refractivity contribution in [3.8, 4) is 0 Å². The van der Waals surface area contributed by atoms with Gasteiger partial charge in [0.05, 0.1) is 11.1 Å². The van der Waals surface area contributed by atoms with E-state index in [-0.39, 0.29) is 22.6 Å². The lowest BCUT2D eigenvalue weighted by atomic mass is 9.86. The Labute approximate surface area is 145 Å². The maximum absolute atomic E-state index is 12.7. The smallest absolute Gasteiger partial charge is 0.339 e. The van der Waals surface area contributed by atoms with E-state index in [1.54, 1.807) is 12.1 Å². The van der Waals surface area contributed by atoms with Gasteiger partial charge in [-0.1, -0.05) is 47.5 Å². The third-order valence-electron chi connectivity index (χ3n) is 4.34. The number of hydrogen-bond acceptors (Lipinski definition) is 3. The minimum Gasteiger partial charge on any atom is -0.478 e. The van der Waals surface area contributed by atoms with Gasteiger partial charge in [0.25, 0.3) is 0 Å². The topological polar surface area (TPSA) is 63.6 Å². The lowest BCUT2D eigenvalue weighted by Gasteiger charge is -2.30. The number of ether oxygens (including phenoxy) is 1. The number of unbranched alkanes of at least 4 members (excludes halogenated alkanes) is 1.